The summed E-state index contributed by atoms with van der Waals surface area (Å²) in [5.41, 5.74) is 6.90. The van der Waals surface area contributed by atoms with Gasteiger partial charge in [0, 0.05) is 30.0 Å². The molecule has 1 aliphatic rings. The molecule has 39 heavy (non-hydrogen) atoms. The molecule has 1 saturated heterocycles. The first kappa shape index (κ1) is 28.2. The van der Waals surface area contributed by atoms with E-state index in [1.165, 1.54) is 0 Å². The molecule has 1 amide bonds. The van der Waals surface area contributed by atoms with E-state index in [2.05, 4.69) is 39.5 Å². The average Bonchev–Trinajstić information content (AvgIpc) is 3.16. The minimum atomic E-state index is -0.756. The average molecular weight is 525 g/mol. The SMILES string of the molecule is CCN(CC)c1ccc(C2/C(=C(\O)c3cc(C(C)(C)C)ccc3C)C(=O)C(=O)N2c2cccc(C)c2C)cc1. The smallest absolute Gasteiger partial charge is 0.300 e. The van der Waals surface area contributed by atoms with Crippen molar-refractivity contribution in [3.05, 3.63) is 99.6 Å². The fraction of sp³-hybridized carbons (Fsp3) is 0.353. The molecule has 0 aromatic heterocycles. The van der Waals surface area contributed by atoms with Gasteiger partial charge in [0.1, 0.15) is 5.76 Å². The Morgan fingerprint density at radius 3 is 2.13 bits per heavy atom. The Bertz CT molecular complexity index is 1440. The van der Waals surface area contributed by atoms with Crippen molar-refractivity contribution < 1.29 is 14.7 Å². The second-order valence-electron chi connectivity index (χ2n) is 11.4. The summed E-state index contributed by atoms with van der Waals surface area (Å²) in [6.07, 6.45) is 0. The third kappa shape index (κ3) is 5.10. The zero-order valence-electron chi connectivity index (χ0n) is 24.4. The number of hydrogen-bond donors (Lipinski definition) is 1. The molecule has 0 aliphatic carbocycles. The number of rotatable bonds is 6. The topological polar surface area (TPSA) is 60.9 Å². The molecule has 1 aliphatic heterocycles. The molecule has 1 N–H and O–H groups in total. The number of hydrogen-bond acceptors (Lipinski definition) is 4. The van der Waals surface area contributed by atoms with E-state index in [1.807, 2.05) is 81.4 Å². The lowest BCUT2D eigenvalue weighted by atomic mass is 9.84. The number of carbonyl (C=O) groups is 2. The van der Waals surface area contributed by atoms with Crippen LogP contribution in [0.5, 0.6) is 0 Å². The van der Waals surface area contributed by atoms with Crippen LogP contribution >= 0.6 is 0 Å². The van der Waals surface area contributed by atoms with Crippen LogP contribution in [0.3, 0.4) is 0 Å². The highest BCUT2D eigenvalue weighted by Crippen LogP contribution is 2.44. The molecule has 5 heteroatoms. The number of Topliss-reactive ketones (excluding diaryl/α,β-unsaturated/α-hetero) is 1. The van der Waals surface area contributed by atoms with Crippen molar-refractivity contribution in [2.45, 2.75) is 66.8 Å². The van der Waals surface area contributed by atoms with Gasteiger partial charge in [0.15, 0.2) is 0 Å². The molecule has 0 saturated carbocycles. The van der Waals surface area contributed by atoms with E-state index >= 15 is 0 Å². The minimum Gasteiger partial charge on any atom is -0.507 e. The summed E-state index contributed by atoms with van der Waals surface area (Å²) >= 11 is 0. The predicted molar refractivity (Wildman–Crippen MR) is 161 cm³/mol. The van der Waals surface area contributed by atoms with Crippen LogP contribution in [0.15, 0.2) is 66.2 Å². The molecule has 4 rings (SSSR count). The third-order valence-electron chi connectivity index (χ3n) is 7.98. The van der Waals surface area contributed by atoms with Crippen LogP contribution < -0.4 is 9.80 Å². The summed E-state index contributed by atoms with van der Waals surface area (Å²) in [6.45, 7) is 18.2. The van der Waals surface area contributed by atoms with Crippen LogP contribution in [0.4, 0.5) is 11.4 Å². The van der Waals surface area contributed by atoms with Crippen molar-refractivity contribution in [1.29, 1.82) is 0 Å². The van der Waals surface area contributed by atoms with E-state index in [4.69, 9.17) is 0 Å². The number of amides is 1. The van der Waals surface area contributed by atoms with Gasteiger partial charge >= 0.3 is 0 Å². The highest BCUT2D eigenvalue weighted by molar-refractivity contribution is 6.51. The van der Waals surface area contributed by atoms with E-state index in [0.29, 0.717) is 11.3 Å². The van der Waals surface area contributed by atoms with Gasteiger partial charge in [-0.3, -0.25) is 14.5 Å². The van der Waals surface area contributed by atoms with E-state index in [9.17, 15) is 14.7 Å². The highest BCUT2D eigenvalue weighted by Gasteiger charge is 2.47. The molecule has 5 nitrogen and oxygen atoms in total. The second kappa shape index (κ2) is 10.7. The molecule has 1 fully saturated rings. The standard InChI is InChI=1S/C34H40N2O3/c1-9-35(10-2)26-18-15-24(16-19-26)30-29(31(37)27-20-25(34(6,7)8)17-14-22(27)4)32(38)33(39)36(30)28-13-11-12-21(3)23(28)5/h11-20,30,37H,9-10H2,1-8H3/b31-29+. The monoisotopic (exact) mass is 524 g/mol. The number of ketones is 1. The van der Waals surface area contributed by atoms with Crippen LogP contribution in [0.2, 0.25) is 0 Å². The molecule has 0 radical (unpaired) electrons. The molecular formula is C34H40N2O3. The fourth-order valence-electron chi connectivity index (χ4n) is 5.34. The quantitative estimate of drug-likeness (QED) is 0.208. The van der Waals surface area contributed by atoms with Gasteiger partial charge in [-0.05, 0) is 92.1 Å². The van der Waals surface area contributed by atoms with Crippen molar-refractivity contribution in [1.82, 2.24) is 0 Å². The Hall–Kier alpha value is -3.86. The van der Waals surface area contributed by atoms with Gasteiger partial charge in [0.05, 0.1) is 11.6 Å². The highest BCUT2D eigenvalue weighted by atomic mass is 16.3. The number of benzene rings is 3. The van der Waals surface area contributed by atoms with E-state index < -0.39 is 17.7 Å². The molecular weight excluding hydrogens is 484 g/mol. The Kier molecular flexibility index (Phi) is 7.74. The van der Waals surface area contributed by atoms with Crippen molar-refractivity contribution in [2.24, 2.45) is 0 Å². The van der Waals surface area contributed by atoms with Gasteiger partial charge in [0.25, 0.3) is 11.7 Å². The van der Waals surface area contributed by atoms with Gasteiger partial charge in [0.2, 0.25) is 0 Å². The van der Waals surface area contributed by atoms with Crippen molar-refractivity contribution in [3.63, 3.8) is 0 Å². The largest absolute Gasteiger partial charge is 0.507 e. The number of aliphatic hydroxyl groups is 1. The van der Waals surface area contributed by atoms with Crippen LogP contribution in [0.25, 0.3) is 5.76 Å². The maximum Gasteiger partial charge on any atom is 0.300 e. The second-order valence-corrected chi connectivity index (χ2v) is 11.4. The normalized spacial score (nSPS) is 17.1. The molecule has 1 heterocycles. The Labute approximate surface area is 232 Å². The fourth-order valence-corrected chi connectivity index (χ4v) is 5.34. The van der Waals surface area contributed by atoms with Gasteiger partial charge < -0.3 is 10.0 Å². The van der Waals surface area contributed by atoms with Crippen LogP contribution in [-0.4, -0.2) is 29.9 Å². The summed E-state index contributed by atoms with van der Waals surface area (Å²) in [4.78, 5) is 31.2. The zero-order chi connectivity index (χ0) is 28.6. The maximum atomic E-state index is 13.7. The molecule has 1 atom stereocenters. The van der Waals surface area contributed by atoms with Crippen molar-refractivity contribution >= 4 is 28.8 Å². The van der Waals surface area contributed by atoms with Crippen LogP contribution in [0, 0.1) is 20.8 Å². The summed E-state index contributed by atoms with van der Waals surface area (Å²) in [6, 6.07) is 18.9. The van der Waals surface area contributed by atoms with E-state index in [0.717, 1.165) is 46.6 Å². The minimum absolute atomic E-state index is 0.116. The van der Waals surface area contributed by atoms with Crippen LogP contribution in [0.1, 0.15) is 74.0 Å². The number of aliphatic hydroxyl groups excluding tert-OH is 1. The zero-order valence-corrected chi connectivity index (χ0v) is 24.4. The van der Waals surface area contributed by atoms with Gasteiger partial charge in [-0.2, -0.15) is 0 Å². The molecule has 204 valence electrons. The third-order valence-corrected chi connectivity index (χ3v) is 7.98. The maximum absolute atomic E-state index is 13.7. The molecule has 0 bridgehead atoms. The summed E-state index contributed by atoms with van der Waals surface area (Å²) in [5.74, 6) is -1.44. The number of nitrogens with zero attached hydrogens (tertiary/aromatic N) is 2. The molecule has 0 spiro atoms. The van der Waals surface area contributed by atoms with Gasteiger partial charge in [-0.1, -0.05) is 57.2 Å². The van der Waals surface area contributed by atoms with Crippen LogP contribution in [-0.2, 0) is 15.0 Å². The number of anilines is 2. The summed E-state index contributed by atoms with van der Waals surface area (Å²) < 4.78 is 0. The lowest BCUT2D eigenvalue weighted by Crippen LogP contribution is -2.30. The number of carbonyl (C=O) groups excluding carboxylic acids is 2. The van der Waals surface area contributed by atoms with Crippen molar-refractivity contribution in [3.8, 4) is 0 Å². The lowest BCUT2D eigenvalue weighted by molar-refractivity contribution is -0.132. The molecule has 3 aromatic rings. The van der Waals surface area contributed by atoms with Gasteiger partial charge in [-0.15, -0.1) is 0 Å². The number of aryl methyl sites for hydroxylation is 2. The Balaban J connectivity index is 1.98. The van der Waals surface area contributed by atoms with E-state index in [1.54, 1.807) is 4.90 Å². The molecule has 3 aromatic carbocycles. The predicted octanol–water partition coefficient (Wildman–Crippen LogP) is 7.38. The summed E-state index contributed by atoms with van der Waals surface area (Å²) in [7, 11) is 0. The van der Waals surface area contributed by atoms with E-state index in [-0.39, 0.29) is 16.7 Å². The molecule has 1 unspecified atom stereocenters. The first-order valence-corrected chi connectivity index (χ1v) is 13.7. The summed E-state index contributed by atoms with van der Waals surface area (Å²) in [5, 5.41) is 11.8. The first-order valence-electron chi connectivity index (χ1n) is 13.7. The first-order chi connectivity index (χ1) is 18.4. The Morgan fingerprint density at radius 1 is 0.897 bits per heavy atom. The van der Waals surface area contributed by atoms with Crippen molar-refractivity contribution in [2.75, 3.05) is 22.9 Å². The van der Waals surface area contributed by atoms with Gasteiger partial charge in [-0.25, -0.2) is 0 Å². The Morgan fingerprint density at radius 2 is 1.54 bits per heavy atom. The lowest BCUT2D eigenvalue weighted by Gasteiger charge is -2.28.